The first-order valence-corrected chi connectivity index (χ1v) is 17.8. The van der Waals surface area contributed by atoms with Gasteiger partial charge in [0.15, 0.2) is 0 Å². The summed E-state index contributed by atoms with van der Waals surface area (Å²) in [6, 6.07) is 64.4. The molecule has 0 saturated carbocycles. The van der Waals surface area contributed by atoms with E-state index in [1.165, 1.54) is 27.2 Å². The molecule has 0 radical (unpaired) electrons. The number of hydrogen-bond acceptors (Lipinski definition) is 3. The van der Waals surface area contributed by atoms with Crippen LogP contribution in [0, 0.1) is 0 Å². The molecule has 53 heavy (non-hydrogen) atoms. The number of hydrogen-bond donors (Lipinski definition) is 0. The zero-order valence-corrected chi connectivity index (χ0v) is 28.8. The van der Waals surface area contributed by atoms with Crippen molar-refractivity contribution in [2.45, 2.75) is 0 Å². The molecule has 4 heterocycles. The number of rotatable bonds is 7. The minimum Gasteiger partial charge on any atom is -0.317 e. The number of benzene rings is 6. The lowest BCUT2D eigenvalue weighted by Gasteiger charge is -2.26. The zero-order valence-electron chi connectivity index (χ0n) is 28.8. The molecule has 6 aromatic carbocycles. The summed E-state index contributed by atoms with van der Waals surface area (Å²) in [5.74, 6) is 0. The number of aromatic nitrogens is 4. The second-order valence-corrected chi connectivity index (χ2v) is 13.2. The summed E-state index contributed by atoms with van der Waals surface area (Å²) in [6.07, 6.45) is 5.85. The molecule has 250 valence electrons. The second-order valence-electron chi connectivity index (χ2n) is 13.2. The summed E-state index contributed by atoms with van der Waals surface area (Å²) >= 11 is 0. The fourth-order valence-corrected chi connectivity index (χ4v) is 7.52. The standard InChI is InChI=1S/C48H33N5/c1-3-11-37(12-4-1)51-30-27-36-31-48-43(33-47(36)51)42-32-41(25-26-46(42)53(48)38-13-5-2-6-14-38)52(39-21-17-34(18-22-39)44-15-7-9-28-49-44)40-23-19-35(20-24-40)45-16-8-10-29-50-45/h1-33H. The van der Waals surface area contributed by atoms with Crippen LogP contribution >= 0.6 is 0 Å². The van der Waals surface area contributed by atoms with Gasteiger partial charge in [-0.1, -0.05) is 72.8 Å². The van der Waals surface area contributed by atoms with Crippen LogP contribution in [-0.2, 0) is 0 Å². The Labute approximate surface area is 307 Å². The summed E-state index contributed by atoms with van der Waals surface area (Å²) in [5, 5.41) is 3.58. The van der Waals surface area contributed by atoms with Crippen molar-refractivity contribution in [2.24, 2.45) is 0 Å². The number of anilines is 3. The van der Waals surface area contributed by atoms with Crippen LogP contribution in [0.3, 0.4) is 0 Å². The average molecular weight is 680 g/mol. The Bertz CT molecular complexity index is 2760. The van der Waals surface area contributed by atoms with Gasteiger partial charge in [-0.3, -0.25) is 9.97 Å². The summed E-state index contributed by atoms with van der Waals surface area (Å²) in [4.78, 5) is 11.5. The molecule has 10 aromatic rings. The van der Waals surface area contributed by atoms with Gasteiger partial charge in [-0.25, -0.2) is 0 Å². The Hall–Kier alpha value is -7.24. The van der Waals surface area contributed by atoms with Crippen LogP contribution in [0.4, 0.5) is 17.1 Å². The Morgan fingerprint density at radius 1 is 0.396 bits per heavy atom. The van der Waals surface area contributed by atoms with E-state index < -0.39 is 0 Å². The number of nitrogens with zero attached hydrogens (tertiary/aromatic N) is 5. The molecule has 0 aliphatic heterocycles. The van der Waals surface area contributed by atoms with Crippen molar-refractivity contribution < 1.29 is 0 Å². The van der Waals surface area contributed by atoms with Gasteiger partial charge >= 0.3 is 0 Å². The van der Waals surface area contributed by atoms with E-state index in [1.54, 1.807) is 0 Å². The molecule has 0 amide bonds. The van der Waals surface area contributed by atoms with Crippen LogP contribution < -0.4 is 4.90 Å². The molecule has 0 atom stereocenters. The monoisotopic (exact) mass is 679 g/mol. The molecule has 0 N–H and O–H groups in total. The van der Waals surface area contributed by atoms with Crippen LogP contribution in [0.15, 0.2) is 201 Å². The quantitative estimate of drug-likeness (QED) is 0.168. The molecule has 5 heteroatoms. The van der Waals surface area contributed by atoms with E-state index in [9.17, 15) is 0 Å². The van der Waals surface area contributed by atoms with Gasteiger partial charge in [0.2, 0.25) is 0 Å². The van der Waals surface area contributed by atoms with Gasteiger partial charge in [-0.05, 0) is 109 Å². The minimum atomic E-state index is 0.951. The van der Waals surface area contributed by atoms with Crippen molar-refractivity contribution in [1.82, 2.24) is 19.1 Å². The van der Waals surface area contributed by atoms with Gasteiger partial charge in [0.25, 0.3) is 0 Å². The molecule has 4 aromatic heterocycles. The van der Waals surface area contributed by atoms with Crippen LogP contribution in [-0.4, -0.2) is 19.1 Å². The van der Waals surface area contributed by atoms with Crippen molar-refractivity contribution in [3.63, 3.8) is 0 Å². The highest BCUT2D eigenvalue weighted by Crippen LogP contribution is 2.41. The number of para-hydroxylation sites is 2. The highest BCUT2D eigenvalue weighted by atomic mass is 15.1. The molecule has 0 aliphatic carbocycles. The molecular formula is C48H33N5. The number of fused-ring (bicyclic) bond motifs is 4. The molecule has 5 nitrogen and oxygen atoms in total. The van der Waals surface area contributed by atoms with Gasteiger partial charge in [-0.2, -0.15) is 0 Å². The molecular weight excluding hydrogens is 647 g/mol. The van der Waals surface area contributed by atoms with Crippen LogP contribution in [0.2, 0.25) is 0 Å². The van der Waals surface area contributed by atoms with Crippen molar-refractivity contribution >= 4 is 49.8 Å². The summed E-state index contributed by atoms with van der Waals surface area (Å²) in [7, 11) is 0. The third-order valence-electron chi connectivity index (χ3n) is 10.0. The van der Waals surface area contributed by atoms with Crippen molar-refractivity contribution in [3.8, 4) is 33.9 Å². The summed E-state index contributed by atoms with van der Waals surface area (Å²) in [6.45, 7) is 0. The lowest BCUT2D eigenvalue weighted by atomic mass is 10.1. The minimum absolute atomic E-state index is 0.951. The maximum Gasteiger partial charge on any atom is 0.0701 e. The number of pyridine rings is 2. The predicted octanol–water partition coefficient (Wildman–Crippen LogP) is 12.3. The van der Waals surface area contributed by atoms with E-state index in [0.29, 0.717) is 0 Å². The van der Waals surface area contributed by atoms with Gasteiger partial charge in [0, 0.05) is 74.3 Å². The highest BCUT2D eigenvalue weighted by molar-refractivity contribution is 6.14. The van der Waals surface area contributed by atoms with Crippen molar-refractivity contribution in [2.75, 3.05) is 4.90 Å². The molecule has 0 aliphatic rings. The van der Waals surface area contributed by atoms with Crippen molar-refractivity contribution in [1.29, 1.82) is 0 Å². The SMILES string of the molecule is c1ccc(-n2ccc3cc4c(cc32)c2cc(N(c3ccc(-c5ccccn5)cc3)c3ccc(-c5ccccn5)cc3)ccc2n4-c2ccccc2)cc1. The maximum atomic E-state index is 4.59. The molecule has 10 rings (SSSR count). The van der Waals surface area contributed by atoms with Crippen LogP contribution in [0.5, 0.6) is 0 Å². The van der Waals surface area contributed by atoms with Gasteiger partial charge < -0.3 is 14.0 Å². The highest BCUT2D eigenvalue weighted by Gasteiger charge is 2.19. The Morgan fingerprint density at radius 3 is 1.53 bits per heavy atom. The normalized spacial score (nSPS) is 11.4. The van der Waals surface area contributed by atoms with Gasteiger partial charge in [0.1, 0.15) is 0 Å². The Balaban J connectivity index is 1.18. The van der Waals surface area contributed by atoms with E-state index in [2.05, 4.69) is 176 Å². The first kappa shape index (κ1) is 30.6. The average Bonchev–Trinajstić information content (AvgIpc) is 3.80. The molecule has 0 bridgehead atoms. The largest absolute Gasteiger partial charge is 0.317 e. The Kier molecular flexibility index (Phi) is 7.40. The van der Waals surface area contributed by atoms with E-state index in [1.807, 2.05) is 48.8 Å². The van der Waals surface area contributed by atoms with Gasteiger partial charge in [-0.15, -0.1) is 0 Å². The fraction of sp³-hybridized carbons (Fsp3) is 0. The van der Waals surface area contributed by atoms with Crippen LogP contribution in [0.25, 0.3) is 66.6 Å². The van der Waals surface area contributed by atoms with E-state index in [4.69, 9.17) is 0 Å². The Morgan fingerprint density at radius 2 is 0.943 bits per heavy atom. The molecule has 0 spiro atoms. The zero-order chi connectivity index (χ0) is 35.1. The van der Waals surface area contributed by atoms with Crippen LogP contribution in [0.1, 0.15) is 0 Å². The third-order valence-corrected chi connectivity index (χ3v) is 10.0. The maximum absolute atomic E-state index is 4.59. The molecule has 0 saturated heterocycles. The van der Waals surface area contributed by atoms with Gasteiger partial charge in [0.05, 0.1) is 27.9 Å². The summed E-state index contributed by atoms with van der Waals surface area (Å²) < 4.78 is 4.67. The predicted molar refractivity (Wildman–Crippen MR) is 219 cm³/mol. The molecule has 0 unspecified atom stereocenters. The fourth-order valence-electron chi connectivity index (χ4n) is 7.52. The third kappa shape index (κ3) is 5.43. The first-order valence-electron chi connectivity index (χ1n) is 17.8. The van der Waals surface area contributed by atoms with Crippen molar-refractivity contribution in [3.05, 3.63) is 201 Å². The van der Waals surface area contributed by atoms with E-state index in [-0.39, 0.29) is 0 Å². The second kappa shape index (κ2) is 12.8. The smallest absolute Gasteiger partial charge is 0.0701 e. The van der Waals surface area contributed by atoms with E-state index in [0.717, 1.165) is 56.5 Å². The lowest BCUT2D eigenvalue weighted by Crippen LogP contribution is -2.10. The molecule has 0 fully saturated rings. The summed E-state index contributed by atoms with van der Waals surface area (Å²) in [5.41, 5.74) is 13.0. The van der Waals surface area contributed by atoms with E-state index >= 15 is 0 Å². The first-order chi connectivity index (χ1) is 26.3. The topological polar surface area (TPSA) is 38.9 Å². The lowest BCUT2D eigenvalue weighted by molar-refractivity contribution is 1.13.